The lowest BCUT2D eigenvalue weighted by molar-refractivity contribution is -0.139. The fourth-order valence-corrected chi connectivity index (χ4v) is 0.552. The van der Waals surface area contributed by atoms with E-state index in [0.29, 0.717) is 12.8 Å². The second-order valence-electron chi connectivity index (χ2n) is 3.08. The fourth-order valence-electron chi connectivity index (χ4n) is 0.552. The Kier molecular flexibility index (Phi) is 10.0. The summed E-state index contributed by atoms with van der Waals surface area (Å²) in [5.41, 5.74) is 0.176. The smallest absolute Gasteiger partial charge is 0.330 e. The first-order chi connectivity index (χ1) is 7.27. The van der Waals surface area contributed by atoms with Gasteiger partial charge < -0.3 is 15.3 Å². The van der Waals surface area contributed by atoms with Crippen molar-refractivity contribution in [2.45, 2.75) is 32.6 Å². The largest absolute Gasteiger partial charge is 0.481 e. The maximum Gasteiger partial charge on any atom is 0.330 e. The normalized spacial score (nSPS) is 8.56. The molecule has 6 heteroatoms. The van der Waals surface area contributed by atoms with Gasteiger partial charge in [-0.25, -0.2) is 4.79 Å². The van der Waals surface area contributed by atoms with Gasteiger partial charge in [-0.15, -0.1) is 0 Å². The Balaban J connectivity index is 0. The van der Waals surface area contributed by atoms with Gasteiger partial charge >= 0.3 is 17.9 Å². The zero-order valence-electron chi connectivity index (χ0n) is 9.10. The van der Waals surface area contributed by atoms with Gasteiger partial charge in [0.25, 0.3) is 0 Å². The number of carboxylic acids is 3. The van der Waals surface area contributed by atoms with Gasteiger partial charge in [0.2, 0.25) is 0 Å². The lowest BCUT2D eigenvalue weighted by Crippen LogP contribution is -1.97. The summed E-state index contributed by atoms with van der Waals surface area (Å²) in [4.78, 5) is 29.4. The second-order valence-corrected chi connectivity index (χ2v) is 3.08. The van der Waals surface area contributed by atoms with Crippen LogP contribution in [-0.2, 0) is 14.4 Å². The Bertz CT molecular complexity index is 240. The molecule has 0 rings (SSSR count). The third kappa shape index (κ3) is 18.0. The van der Waals surface area contributed by atoms with Crippen LogP contribution in [0.5, 0.6) is 0 Å². The molecule has 0 aliphatic heterocycles. The monoisotopic (exact) mass is 232 g/mol. The molecule has 0 spiro atoms. The van der Waals surface area contributed by atoms with Crippen LogP contribution in [0.25, 0.3) is 0 Å². The topological polar surface area (TPSA) is 112 Å². The standard InChI is InChI=1S/C6H10O4.C4H6O2/c7-5(8)3-1-2-4-6(9)10;1-3(2)4(5)6/h1-4H2,(H,7,8)(H,9,10);1H2,2H3,(H,5,6). The zero-order chi connectivity index (χ0) is 13.1. The molecule has 0 fully saturated rings. The van der Waals surface area contributed by atoms with Crippen molar-refractivity contribution in [1.82, 2.24) is 0 Å². The highest BCUT2D eigenvalue weighted by Gasteiger charge is 1.99. The van der Waals surface area contributed by atoms with E-state index in [1.807, 2.05) is 0 Å². The number of carbonyl (C=O) groups is 3. The van der Waals surface area contributed by atoms with E-state index in [9.17, 15) is 14.4 Å². The number of unbranched alkanes of at least 4 members (excludes halogenated alkanes) is 1. The summed E-state index contributed by atoms with van der Waals surface area (Å²) in [7, 11) is 0. The summed E-state index contributed by atoms with van der Waals surface area (Å²) < 4.78 is 0. The minimum absolute atomic E-state index is 0.0628. The van der Waals surface area contributed by atoms with Crippen LogP contribution < -0.4 is 0 Å². The Morgan fingerprint density at radius 3 is 1.31 bits per heavy atom. The molecule has 0 saturated heterocycles. The van der Waals surface area contributed by atoms with Gasteiger partial charge in [-0.2, -0.15) is 0 Å². The lowest BCUT2D eigenvalue weighted by atomic mass is 10.2. The SMILES string of the molecule is C=C(C)C(=O)O.O=C(O)CCCCC(=O)O. The first-order valence-corrected chi connectivity index (χ1v) is 4.59. The molecule has 0 aromatic rings. The molecule has 0 bridgehead atoms. The maximum absolute atomic E-state index is 9.90. The van der Waals surface area contributed by atoms with E-state index in [0.717, 1.165) is 0 Å². The molecule has 92 valence electrons. The average Bonchev–Trinajstić information content (AvgIpc) is 2.12. The summed E-state index contributed by atoms with van der Waals surface area (Å²) in [5, 5.41) is 24.2. The molecular formula is C10H16O6. The molecule has 0 unspecified atom stereocenters. The van der Waals surface area contributed by atoms with E-state index in [2.05, 4.69) is 6.58 Å². The van der Waals surface area contributed by atoms with Gasteiger partial charge in [-0.1, -0.05) is 6.58 Å². The number of carboxylic acid groups (broad SMARTS) is 3. The average molecular weight is 232 g/mol. The number of hydrogen-bond donors (Lipinski definition) is 3. The van der Waals surface area contributed by atoms with Crippen molar-refractivity contribution in [2.24, 2.45) is 0 Å². The minimum atomic E-state index is -0.935. The third-order valence-electron chi connectivity index (χ3n) is 1.40. The third-order valence-corrected chi connectivity index (χ3v) is 1.40. The summed E-state index contributed by atoms with van der Waals surface area (Å²) in [6, 6.07) is 0. The fraction of sp³-hybridized carbons (Fsp3) is 0.500. The van der Waals surface area contributed by atoms with Crippen molar-refractivity contribution >= 4 is 17.9 Å². The van der Waals surface area contributed by atoms with E-state index < -0.39 is 17.9 Å². The van der Waals surface area contributed by atoms with Crippen molar-refractivity contribution in [3.63, 3.8) is 0 Å². The molecule has 0 aliphatic carbocycles. The van der Waals surface area contributed by atoms with Gasteiger partial charge in [0, 0.05) is 18.4 Å². The van der Waals surface area contributed by atoms with Gasteiger partial charge in [-0.05, 0) is 19.8 Å². The molecular weight excluding hydrogens is 216 g/mol. The molecule has 3 N–H and O–H groups in total. The minimum Gasteiger partial charge on any atom is -0.481 e. The molecule has 0 atom stereocenters. The number of hydrogen-bond acceptors (Lipinski definition) is 3. The summed E-state index contributed by atoms with van der Waals surface area (Å²) in [6.45, 7) is 4.60. The number of rotatable bonds is 6. The second kappa shape index (κ2) is 9.70. The molecule has 0 heterocycles. The predicted octanol–water partition coefficient (Wildman–Crippen LogP) is 1.36. The Hall–Kier alpha value is -1.85. The number of aliphatic carboxylic acids is 3. The van der Waals surface area contributed by atoms with E-state index in [4.69, 9.17) is 15.3 Å². The van der Waals surface area contributed by atoms with Crippen molar-refractivity contribution < 1.29 is 29.7 Å². The lowest BCUT2D eigenvalue weighted by Gasteiger charge is -1.92. The van der Waals surface area contributed by atoms with Gasteiger partial charge in [0.1, 0.15) is 0 Å². The first-order valence-electron chi connectivity index (χ1n) is 4.59. The molecule has 16 heavy (non-hydrogen) atoms. The van der Waals surface area contributed by atoms with Gasteiger partial charge in [0.15, 0.2) is 0 Å². The Morgan fingerprint density at radius 2 is 1.19 bits per heavy atom. The van der Waals surface area contributed by atoms with Crippen molar-refractivity contribution in [3.8, 4) is 0 Å². The highest BCUT2D eigenvalue weighted by molar-refractivity contribution is 5.84. The van der Waals surface area contributed by atoms with Crippen molar-refractivity contribution in [2.75, 3.05) is 0 Å². The van der Waals surface area contributed by atoms with Crippen molar-refractivity contribution in [3.05, 3.63) is 12.2 Å². The van der Waals surface area contributed by atoms with Crippen LogP contribution in [-0.4, -0.2) is 33.2 Å². The van der Waals surface area contributed by atoms with E-state index in [-0.39, 0.29) is 18.4 Å². The summed E-state index contributed by atoms with van der Waals surface area (Å²) in [6.07, 6.45) is 1.02. The molecule has 0 aromatic carbocycles. The molecule has 0 saturated carbocycles. The van der Waals surface area contributed by atoms with Crippen LogP contribution in [0.4, 0.5) is 0 Å². The van der Waals surface area contributed by atoms with Gasteiger partial charge in [-0.3, -0.25) is 9.59 Å². The molecule has 0 amide bonds. The zero-order valence-corrected chi connectivity index (χ0v) is 9.10. The van der Waals surface area contributed by atoms with Crippen LogP contribution in [0.15, 0.2) is 12.2 Å². The van der Waals surface area contributed by atoms with Crippen LogP contribution in [0.2, 0.25) is 0 Å². The maximum atomic E-state index is 9.90. The first kappa shape index (κ1) is 16.6. The molecule has 0 radical (unpaired) electrons. The highest BCUT2D eigenvalue weighted by atomic mass is 16.4. The van der Waals surface area contributed by atoms with E-state index in [1.165, 1.54) is 6.92 Å². The quantitative estimate of drug-likeness (QED) is 0.471. The van der Waals surface area contributed by atoms with E-state index in [1.54, 1.807) is 0 Å². The molecule has 0 aliphatic rings. The molecule has 0 aromatic heterocycles. The van der Waals surface area contributed by atoms with Crippen LogP contribution in [0, 0.1) is 0 Å². The van der Waals surface area contributed by atoms with Crippen LogP contribution in [0.3, 0.4) is 0 Å². The summed E-state index contributed by atoms with van der Waals surface area (Å²) >= 11 is 0. The van der Waals surface area contributed by atoms with Crippen molar-refractivity contribution in [1.29, 1.82) is 0 Å². The highest BCUT2D eigenvalue weighted by Crippen LogP contribution is 1.98. The Morgan fingerprint density at radius 1 is 0.938 bits per heavy atom. The molecule has 6 nitrogen and oxygen atoms in total. The van der Waals surface area contributed by atoms with Gasteiger partial charge in [0.05, 0.1) is 0 Å². The van der Waals surface area contributed by atoms with Crippen LogP contribution >= 0.6 is 0 Å². The Labute approximate surface area is 93.2 Å². The predicted molar refractivity (Wildman–Crippen MR) is 56.2 cm³/mol. The summed E-state index contributed by atoms with van der Waals surface area (Å²) in [5.74, 6) is -2.68. The van der Waals surface area contributed by atoms with Crippen LogP contribution in [0.1, 0.15) is 32.6 Å². The van der Waals surface area contributed by atoms with E-state index >= 15 is 0 Å².